The minimum absolute atomic E-state index is 0.543. The maximum atomic E-state index is 5.03. The number of thiazole rings is 1. The molecule has 2 aliphatic rings. The van der Waals surface area contributed by atoms with Crippen molar-refractivity contribution >= 4 is 16.5 Å². The Balaban J connectivity index is 1.79. The van der Waals surface area contributed by atoms with E-state index >= 15 is 0 Å². The molecular formula is C16H27N3S. The minimum Gasteiger partial charge on any atom is -0.345 e. The zero-order chi connectivity index (χ0) is 14.1. The monoisotopic (exact) mass is 293 g/mol. The molecule has 1 aliphatic heterocycles. The molecule has 1 aromatic heterocycles. The fraction of sp³-hybridized carbons (Fsp3) is 0.812. The Labute approximate surface area is 126 Å². The number of hydrogen-bond donors (Lipinski definition) is 1. The normalized spacial score (nSPS) is 23.6. The van der Waals surface area contributed by atoms with Crippen LogP contribution >= 0.6 is 11.3 Å². The summed E-state index contributed by atoms with van der Waals surface area (Å²) >= 11 is 1.93. The molecule has 3 nitrogen and oxygen atoms in total. The highest BCUT2D eigenvalue weighted by Crippen LogP contribution is 2.44. The zero-order valence-corrected chi connectivity index (χ0v) is 13.8. The van der Waals surface area contributed by atoms with Crippen LogP contribution in [0.3, 0.4) is 0 Å². The summed E-state index contributed by atoms with van der Waals surface area (Å²) in [6.07, 6.45) is 6.70. The number of piperidine rings is 1. The van der Waals surface area contributed by atoms with E-state index in [1.54, 1.807) is 0 Å². The van der Waals surface area contributed by atoms with Crippen LogP contribution in [0.2, 0.25) is 0 Å². The lowest BCUT2D eigenvalue weighted by Crippen LogP contribution is -2.37. The summed E-state index contributed by atoms with van der Waals surface area (Å²) in [5.74, 6) is 0.754. The molecule has 1 aromatic rings. The molecule has 20 heavy (non-hydrogen) atoms. The van der Waals surface area contributed by atoms with E-state index in [9.17, 15) is 0 Å². The van der Waals surface area contributed by atoms with Crippen LogP contribution in [-0.2, 0) is 6.54 Å². The van der Waals surface area contributed by atoms with Crippen molar-refractivity contribution in [2.24, 2.45) is 0 Å². The second kappa shape index (κ2) is 6.02. The Kier molecular flexibility index (Phi) is 4.32. The molecular weight excluding hydrogens is 266 g/mol. The third kappa shape index (κ3) is 3.17. The van der Waals surface area contributed by atoms with Gasteiger partial charge in [-0.05, 0) is 39.0 Å². The lowest BCUT2D eigenvalue weighted by molar-refractivity contribution is 0.484. The topological polar surface area (TPSA) is 28.2 Å². The molecule has 0 radical (unpaired) electrons. The highest BCUT2D eigenvalue weighted by molar-refractivity contribution is 7.15. The minimum atomic E-state index is 0.543. The van der Waals surface area contributed by atoms with Gasteiger partial charge in [-0.2, -0.15) is 0 Å². The van der Waals surface area contributed by atoms with Gasteiger partial charge in [0.15, 0.2) is 5.13 Å². The van der Waals surface area contributed by atoms with Crippen molar-refractivity contribution in [2.75, 3.05) is 11.4 Å². The van der Waals surface area contributed by atoms with Crippen molar-refractivity contribution in [3.63, 3.8) is 0 Å². The SMILES string of the molecule is CC(C)NCc1sc(N2CCCCC2C)nc1C1CC1. The van der Waals surface area contributed by atoms with Gasteiger partial charge in [-0.3, -0.25) is 0 Å². The Bertz CT molecular complexity index is 451. The average Bonchev–Trinajstić information content (AvgIpc) is 3.18. The van der Waals surface area contributed by atoms with Crippen LogP contribution < -0.4 is 10.2 Å². The predicted octanol–water partition coefficient (Wildman–Crippen LogP) is 3.90. The number of aromatic nitrogens is 1. The van der Waals surface area contributed by atoms with Gasteiger partial charge in [0.25, 0.3) is 0 Å². The van der Waals surface area contributed by atoms with Crippen LogP contribution in [0.5, 0.6) is 0 Å². The first kappa shape index (κ1) is 14.3. The third-order valence-corrected chi connectivity index (χ3v) is 5.51. The van der Waals surface area contributed by atoms with Gasteiger partial charge >= 0.3 is 0 Å². The van der Waals surface area contributed by atoms with Crippen molar-refractivity contribution in [2.45, 2.75) is 77.4 Å². The standard InChI is InChI=1S/C16H27N3S/c1-11(2)17-10-14-15(13-7-8-13)18-16(20-14)19-9-5-4-6-12(19)3/h11-13,17H,4-10H2,1-3H3. The van der Waals surface area contributed by atoms with E-state index in [-0.39, 0.29) is 0 Å². The highest BCUT2D eigenvalue weighted by atomic mass is 32.1. The second-order valence-electron chi connectivity index (χ2n) is 6.65. The van der Waals surface area contributed by atoms with Crippen molar-refractivity contribution in [1.29, 1.82) is 0 Å². The van der Waals surface area contributed by atoms with Crippen LogP contribution in [0.1, 0.15) is 69.4 Å². The molecule has 1 N–H and O–H groups in total. The lowest BCUT2D eigenvalue weighted by Gasteiger charge is -2.33. The largest absolute Gasteiger partial charge is 0.345 e. The summed E-state index contributed by atoms with van der Waals surface area (Å²) in [7, 11) is 0. The van der Waals surface area contributed by atoms with Gasteiger partial charge in [0, 0.05) is 36.0 Å². The molecule has 3 rings (SSSR count). The molecule has 2 fully saturated rings. The van der Waals surface area contributed by atoms with Crippen molar-refractivity contribution < 1.29 is 0 Å². The van der Waals surface area contributed by atoms with Gasteiger partial charge in [0.2, 0.25) is 0 Å². The quantitative estimate of drug-likeness (QED) is 0.892. The smallest absolute Gasteiger partial charge is 0.186 e. The maximum Gasteiger partial charge on any atom is 0.186 e. The second-order valence-corrected chi connectivity index (χ2v) is 7.72. The first-order chi connectivity index (χ1) is 9.65. The van der Waals surface area contributed by atoms with Crippen LogP contribution in [0.4, 0.5) is 5.13 Å². The Morgan fingerprint density at radius 1 is 1.30 bits per heavy atom. The fourth-order valence-corrected chi connectivity index (χ4v) is 4.18. The number of nitrogens with one attached hydrogen (secondary N) is 1. The van der Waals surface area contributed by atoms with Crippen molar-refractivity contribution in [3.8, 4) is 0 Å². The van der Waals surface area contributed by atoms with Gasteiger partial charge in [-0.1, -0.05) is 13.8 Å². The summed E-state index contributed by atoms with van der Waals surface area (Å²) in [5, 5.41) is 4.84. The molecule has 0 bridgehead atoms. The lowest BCUT2D eigenvalue weighted by atomic mass is 10.0. The fourth-order valence-electron chi connectivity index (χ4n) is 2.96. The average molecular weight is 293 g/mol. The molecule has 2 heterocycles. The molecule has 1 atom stereocenters. The first-order valence-corrected chi connectivity index (χ1v) is 8.96. The number of hydrogen-bond acceptors (Lipinski definition) is 4. The van der Waals surface area contributed by atoms with Crippen LogP contribution in [0, 0.1) is 0 Å². The molecule has 0 spiro atoms. The molecule has 4 heteroatoms. The molecule has 1 unspecified atom stereocenters. The molecule has 1 aliphatic carbocycles. The summed E-state index contributed by atoms with van der Waals surface area (Å²) in [5.41, 5.74) is 1.40. The van der Waals surface area contributed by atoms with Crippen LogP contribution in [0.25, 0.3) is 0 Å². The van der Waals surface area contributed by atoms with Crippen LogP contribution in [-0.4, -0.2) is 23.6 Å². The molecule has 0 amide bonds. The summed E-state index contributed by atoms with van der Waals surface area (Å²) in [4.78, 5) is 9.05. The zero-order valence-electron chi connectivity index (χ0n) is 13.0. The predicted molar refractivity (Wildman–Crippen MR) is 86.7 cm³/mol. The molecule has 1 saturated heterocycles. The van der Waals surface area contributed by atoms with Crippen LogP contribution in [0.15, 0.2) is 0 Å². The van der Waals surface area contributed by atoms with Gasteiger partial charge in [-0.25, -0.2) is 4.98 Å². The maximum absolute atomic E-state index is 5.03. The Hall–Kier alpha value is -0.610. The van der Waals surface area contributed by atoms with E-state index in [1.807, 2.05) is 11.3 Å². The molecule has 1 saturated carbocycles. The van der Waals surface area contributed by atoms with E-state index in [0.717, 1.165) is 12.5 Å². The van der Waals surface area contributed by atoms with Crippen molar-refractivity contribution in [3.05, 3.63) is 10.6 Å². The molecule has 0 aromatic carbocycles. The molecule has 112 valence electrons. The highest BCUT2D eigenvalue weighted by Gasteiger charge is 2.31. The van der Waals surface area contributed by atoms with E-state index in [0.29, 0.717) is 12.1 Å². The van der Waals surface area contributed by atoms with E-state index in [1.165, 1.54) is 54.4 Å². The Morgan fingerprint density at radius 3 is 2.75 bits per heavy atom. The van der Waals surface area contributed by atoms with Gasteiger partial charge in [0.05, 0.1) is 5.69 Å². The first-order valence-electron chi connectivity index (χ1n) is 8.14. The van der Waals surface area contributed by atoms with Crippen molar-refractivity contribution in [1.82, 2.24) is 10.3 Å². The summed E-state index contributed by atoms with van der Waals surface area (Å²) in [6, 6.07) is 1.20. The third-order valence-electron chi connectivity index (χ3n) is 4.40. The summed E-state index contributed by atoms with van der Waals surface area (Å²) < 4.78 is 0. The van der Waals surface area contributed by atoms with E-state index < -0.39 is 0 Å². The van der Waals surface area contributed by atoms with Gasteiger partial charge in [-0.15, -0.1) is 11.3 Å². The number of nitrogens with zero attached hydrogens (tertiary/aromatic N) is 2. The van der Waals surface area contributed by atoms with Gasteiger partial charge < -0.3 is 10.2 Å². The number of anilines is 1. The Morgan fingerprint density at radius 2 is 2.10 bits per heavy atom. The van der Waals surface area contributed by atoms with Gasteiger partial charge in [0.1, 0.15) is 0 Å². The van der Waals surface area contributed by atoms with E-state index in [4.69, 9.17) is 4.98 Å². The number of rotatable bonds is 5. The van der Waals surface area contributed by atoms with E-state index in [2.05, 4.69) is 31.0 Å². The summed E-state index contributed by atoms with van der Waals surface area (Å²) in [6.45, 7) is 8.96.